The van der Waals surface area contributed by atoms with Crippen LogP contribution in [-0.4, -0.2) is 30.1 Å². The van der Waals surface area contributed by atoms with E-state index in [4.69, 9.17) is 0 Å². The van der Waals surface area contributed by atoms with E-state index in [2.05, 4.69) is 20.8 Å². The van der Waals surface area contributed by atoms with E-state index in [1.807, 2.05) is 0 Å². The maximum Gasteiger partial charge on any atom is 0.397 e. The zero-order valence-corrected chi connectivity index (χ0v) is 10.6. The fourth-order valence-corrected chi connectivity index (χ4v) is 2.28. The Morgan fingerprint density at radius 1 is 1.18 bits per heavy atom. The van der Waals surface area contributed by atoms with Crippen molar-refractivity contribution in [3.05, 3.63) is 0 Å². The Bertz CT molecular complexity index is 272. The van der Waals surface area contributed by atoms with Crippen LogP contribution >= 0.6 is 0 Å². The maximum atomic E-state index is 12.1. The van der Waals surface area contributed by atoms with Crippen LogP contribution in [0.5, 0.6) is 0 Å². The molecule has 0 saturated carbocycles. The number of piperidine rings is 1. The molecule has 0 aromatic heterocycles. The van der Waals surface area contributed by atoms with Crippen molar-refractivity contribution in [2.75, 3.05) is 13.1 Å². The van der Waals surface area contributed by atoms with Crippen LogP contribution in [0.2, 0.25) is 0 Å². The van der Waals surface area contributed by atoms with Crippen molar-refractivity contribution in [3.8, 4) is 0 Å². The summed E-state index contributed by atoms with van der Waals surface area (Å²) in [6.45, 7) is 7.30. The van der Waals surface area contributed by atoms with Crippen molar-refractivity contribution in [2.45, 2.75) is 46.2 Å². The third-order valence-corrected chi connectivity index (χ3v) is 3.42. The minimum atomic E-state index is -4.39. The summed E-state index contributed by atoms with van der Waals surface area (Å²) in [5, 5.41) is 0. The average molecular weight is 251 g/mol. The van der Waals surface area contributed by atoms with Crippen LogP contribution in [0.25, 0.3) is 0 Å². The van der Waals surface area contributed by atoms with E-state index in [-0.39, 0.29) is 5.41 Å². The van der Waals surface area contributed by atoms with Crippen molar-refractivity contribution in [1.29, 1.82) is 0 Å². The Morgan fingerprint density at radius 2 is 1.65 bits per heavy atom. The van der Waals surface area contributed by atoms with Crippen molar-refractivity contribution in [1.82, 2.24) is 4.90 Å². The topological polar surface area (TPSA) is 20.3 Å². The number of hydrogen-bond acceptors (Lipinski definition) is 1. The lowest BCUT2D eigenvalue weighted by molar-refractivity contribution is -0.162. The summed E-state index contributed by atoms with van der Waals surface area (Å²) >= 11 is 0. The molecule has 1 fully saturated rings. The van der Waals surface area contributed by atoms with E-state index in [0.717, 1.165) is 12.8 Å². The third kappa shape index (κ3) is 4.56. The first kappa shape index (κ1) is 14.3. The van der Waals surface area contributed by atoms with E-state index in [9.17, 15) is 18.0 Å². The summed E-state index contributed by atoms with van der Waals surface area (Å²) in [5.41, 5.74) is 0.166. The fourth-order valence-electron chi connectivity index (χ4n) is 2.28. The molecule has 0 unspecified atom stereocenters. The molecular weight excluding hydrogens is 231 g/mol. The van der Waals surface area contributed by atoms with Gasteiger partial charge in [-0.3, -0.25) is 4.79 Å². The molecule has 5 heteroatoms. The van der Waals surface area contributed by atoms with E-state index < -0.39 is 18.5 Å². The molecule has 1 amide bonds. The Labute approximate surface area is 100 Å². The zero-order chi connectivity index (χ0) is 13.3. The third-order valence-electron chi connectivity index (χ3n) is 3.42. The van der Waals surface area contributed by atoms with Crippen molar-refractivity contribution in [2.24, 2.45) is 11.3 Å². The lowest BCUT2D eigenvalue weighted by atomic mass is 9.75. The van der Waals surface area contributed by atoms with Gasteiger partial charge in [0.15, 0.2) is 0 Å². The number of hydrogen-bond donors (Lipinski definition) is 0. The number of amides is 1. The molecule has 2 nitrogen and oxygen atoms in total. The first-order chi connectivity index (χ1) is 7.59. The average Bonchev–Trinajstić information content (AvgIpc) is 2.14. The second-order valence-electron chi connectivity index (χ2n) is 5.81. The van der Waals surface area contributed by atoms with Crippen LogP contribution in [0, 0.1) is 11.3 Å². The van der Waals surface area contributed by atoms with Gasteiger partial charge in [-0.15, -0.1) is 0 Å². The molecule has 0 bridgehead atoms. The largest absolute Gasteiger partial charge is 0.397 e. The predicted octanol–water partition coefficient (Wildman–Crippen LogP) is 3.22. The molecule has 1 aliphatic rings. The SMILES string of the molecule is CC(C)(C)C1CCN(C(=O)CC(F)(F)F)CC1. The molecule has 1 aliphatic heterocycles. The molecule has 0 aromatic carbocycles. The van der Waals surface area contributed by atoms with Crippen molar-refractivity contribution >= 4 is 5.91 Å². The second-order valence-corrected chi connectivity index (χ2v) is 5.81. The highest BCUT2D eigenvalue weighted by molar-refractivity contribution is 5.76. The summed E-state index contributed by atoms with van der Waals surface area (Å²) < 4.78 is 36.2. The lowest BCUT2D eigenvalue weighted by Gasteiger charge is -2.38. The van der Waals surface area contributed by atoms with E-state index in [1.54, 1.807) is 0 Å². The number of alkyl halides is 3. The van der Waals surface area contributed by atoms with E-state index in [1.165, 1.54) is 4.90 Å². The zero-order valence-electron chi connectivity index (χ0n) is 10.6. The van der Waals surface area contributed by atoms with Gasteiger partial charge in [-0.2, -0.15) is 13.2 Å². The number of halogens is 3. The quantitative estimate of drug-likeness (QED) is 0.700. The van der Waals surface area contributed by atoms with Gasteiger partial charge in [-0.05, 0) is 24.2 Å². The summed E-state index contributed by atoms with van der Waals surface area (Å²) in [6, 6.07) is 0. The van der Waals surface area contributed by atoms with E-state index in [0.29, 0.717) is 19.0 Å². The highest BCUT2D eigenvalue weighted by Crippen LogP contribution is 2.34. The Kier molecular flexibility index (Phi) is 4.10. The highest BCUT2D eigenvalue weighted by atomic mass is 19.4. The molecule has 0 N–H and O–H groups in total. The van der Waals surface area contributed by atoms with Crippen LogP contribution in [0.1, 0.15) is 40.0 Å². The van der Waals surface area contributed by atoms with Gasteiger partial charge in [0.05, 0.1) is 0 Å². The summed E-state index contributed by atoms with van der Waals surface area (Å²) in [4.78, 5) is 12.7. The molecule has 1 heterocycles. The minimum absolute atomic E-state index is 0.166. The van der Waals surface area contributed by atoms with Crippen LogP contribution in [0.3, 0.4) is 0 Å². The Balaban J connectivity index is 2.45. The normalized spacial score (nSPS) is 19.5. The molecule has 0 radical (unpaired) electrons. The number of carbonyl (C=O) groups is 1. The van der Waals surface area contributed by atoms with Crippen molar-refractivity contribution < 1.29 is 18.0 Å². The van der Waals surface area contributed by atoms with Gasteiger partial charge < -0.3 is 4.90 Å². The standard InChI is InChI=1S/C12H20F3NO/c1-11(2,3)9-4-6-16(7-5-9)10(17)8-12(13,14)15/h9H,4-8H2,1-3H3. The van der Waals surface area contributed by atoms with Crippen LogP contribution in [0.15, 0.2) is 0 Å². The lowest BCUT2D eigenvalue weighted by Crippen LogP contribution is -2.42. The van der Waals surface area contributed by atoms with E-state index >= 15 is 0 Å². The van der Waals surface area contributed by atoms with Gasteiger partial charge >= 0.3 is 6.18 Å². The van der Waals surface area contributed by atoms with Gasteiger partial charge in [0.2, 0.25) is 5.91 Å². The van der Waals surface area contributed by atoms with Crippen LogP contribution in [0.4, 0.5) is 13.2 Å². The minimum Gasteiger partial charge on any atom is -0.342 e. The first-order valence-corrected chi connectivity index (χ1v) is 5.94. The fraction of sp³-hybridized carbons (Fsp3) is 0.917. The number of likely N-dealkylation sites (tertiary alicyclic amines) is 1. The van der Waals surface area contributed by atoms with Crippen LogP contribution < -0.4 is 0 Å². The molecule has 0 atom stereocenters. The molecule has 17 heavy (non-hydrogen) atoms. The van der Waals surface area contributed by atoms with Gasteiger partial charge in [0, 0.05) is 13.1 Å². The maximum absolute atomic E-state index is 12.1. The smallest absolute Gasteiger partial charge is 0.342 e. The molecule has 0 aromatic rings. The monoisotopic (exact) mass is 251 g/mol. The second kappa shape index (κ2) is 4.86. The predicted molar refractivity (Wildman–Crippen MR) is 59.4 cm³/mol. The first-order valence-electron chi connectivity index (χ1n) is 5.94. The van der Waals surface area contributed by atoms with Gasteiger partial charge in [0.25, 0.3) is 0 Å². The van der Waals surface area contributed by atoms with Gasteiger partial charge in [-0.1, -0.05) is 20.8 Å². The van der Waals surface area contributed by atoms with Gasteiger partial charge in [-0.25, -0.2) is 0 Å². The molecule has 0 aliphatic carbocycles. The molecule has 100 valence electrons. The molecular formula is C12H20F3NO. The summed E-state index contributed by atoms with van der Waals surface area (Å²) in [6.07, 6.45) is -4.12. The number of carbonyl (C=O) groups excluding carboxylic acids is 1. The van der Waals surface area contributed by atoms with Gasteiger partial charge in [0.1, 0.15) is 6.42 Å². The molecule has 1 saturated heterocycles. The summed E-state index contributed by atoms with van der Waals surface area (Å²) in [5.74, 6) is -0.303. The summed E-state index contributed by atoms with van der Waals surface area (Å²) in [7, 11) is 0. The Morgan fingerprint density at radius 3 is 2.00 bits per heavy atom. The molecule has 1 rings (SSSR count). The number of rotatable bonds is 1. The van der Waals surface area contributed by atoms with Crippen molar-refractivity contribution in [3.63, 3.8) is 0 Å². The Hall–Kier alpha value is -0.740. The number of nitrogens with zero attached hydrogens (tertiary/aromatic N) is 1. The highest BCUT2D eigenvalue weighted by Gasteiger charge is 2.36. The van der Waals surface area contributed by atoms with Crippen LogP contribution in [-0.2, 0) is 4.79 Å². The molecule has 0 spiro atoms.